The summed E-state index contributed by atoms with van der Waals surface area (Å²) in [5.41, 5.74) is 1.07. The molecule has 2 heteroatoms. The lowest BCUT2D eigenvalue weighted by Gasteiger charge is -1.89. The largest absolute Gasteiger partial charge is 0.261 e. The Bertz CT molecular complexity index is 148. The van der Waals surface area contributed by atoms with E-state index in [1.807, 2.05) is 39.1 Å². The zero-order chi connectivity index (χ0) is 7.98. The average molecular weight is 155 g/mol. The molecule has 0 N–H and O–H groups in total. The molecule has 0 spiro atoms. The Labute approximate surface area is 65.1 Å². The first-order chi connectivity index (χ1) is 4.79. The molecule has 1 rings (SSSR count). The molecule has 0 aliphatic heterocycles. The van der Waals surface area contributed by atoms with Crippen LogP contribution in [0.15, 0.2) is 18.3 Å². The molecule has 10 heavy (non-hydrogen) atoms. The molecule has 0 saturated heterocycles. The maximum absolute atomic E-state index is 4.06. The number of hydrogen-bond donors (Lipinski definition) is 0. The highest BCUT2D eigenvalue weighted by molar-refractivity contribution is 7.27. The highest BCUT2D eigenvalue weighted by atomic mass is 31.0. The standard InChI is InChI=1S/C6H8NP.C2H6/c1-5-2-3-6(8)4-7-5;1-2/h2-4H,8H2,1H3;1-2H3. The number of pyridine rings is 1. The smallest absolute Gasteiger partial charge is 0.0373 e. The summed E-state index contributed by atoms with van der Waals surface area (Å²) in [5.74, 6) is 0. The van der Waals surface area contributed by atoms with Crippen molar-refractivity contribution in [2.75, 3.05) is 0 Å². The maximum Gasteiger partial charge on any atom is 0.0373 e. The minimum absolute atomic E-state index is 1.07. The van der Waals surface area contributed by atoms with E-state index in [1.165, 1.54) is 0 Å². The average Bonchev–Trinajstić information content (AvgIpc) is 2.00. The van der Waals surface area contributed by atoms with Crippen LogP contribution in [0, 0.1) is 6.92 Å². The Morgan fingerprint density at radius 3 is 2.20 bits per heavy atom. The Morgan fingerprint density at radius 2 is 1.90 bits per heavy atom. The zero-order valence-electron chi connectivity index (χ0n) is 6.76. The Hall–Kier alpha value is -0.420. The normalized spacial score (nSPS) is 8.00. The number of aryl methyl sites for hydroxylation is 1. The summed E-state index contributed by atoms with van der Waals surface area (Å²) in [6.07, 6.45) is 1.83. The van der Waals surface area contributed by atoms with Gasteiger partial charge < -0.3 is 0 Å². The van der Waals surface area contributed by atoms with Crippen molar-refractivity contribution in [2.24, 2.45) is 0 Å². The second kappa shape index (κ2) is 5.37. The summed E-state index contributed by atoms with van der Waals surface area (Å²) in [6, 6.07) is 4.01. The molecule has 0 aromatic carbocycles. The molecular formula is C8H14NP. The van der Waals surface area contributed by atoms with Gasteiger partial charge in [-0.05, 0) is 18.3 Å². The van der Waals surface area contributed by atoms with Crippen molar-refractivity contribution in [3.05, 3.63) is 24.0 Å². The van der Waals surface area contributed by atoms with Gasteiger partial charge in [0.15, 0.2) is 0 Å². The van der Waals surface area contributed by atoms with E-state index in [0.717, 1.165) is 11.0 Å². The van der Waals surface area contributed by atoms with E-state index in [-0.39, 0.29) is 0 Å². The summed E-state index contributed by atoms with van der Waals surface area (Å²) >= 11 is 0. The molecule has 1 heterocycles. The first-order valence-corrected chi connectivity index (χ1v) is 4.05. The molecule has 0 fully saturated rings. The van der Waals surface area contributed by atoms with Crippen molar-refractivity contribution in [3.8, 4) is 0 Å². The van der Waals surface area contributed by atoms with E-state index in [9.17, 15) is 0 Å². The number of aromatic nitrogens is 1. The van der Waals surface area contributed by atoms with Gasteiger partial charge in [-0.3, -0.25) is 4.98 Å². The first-order valence-electron chi connectivity index (χ1n) is 3.47. The van der Waals surface area contributed by atoms with Crippen LogP contribution in [0.1, 0.15) is 19.5 Å². The first kappa shape index (κ1) is 9.58. The van der Waals surface area contributed by atoms with Crippen LogP contribution < -0.4 is 5.30 Å². The van der Waals surface area contributed by atoms with Crippen LogP contribution in [-0.2, 0) is 0 Å². The molecule has 0 saturated carbocycles. The minimum Gasteiger partial charge on any atom is -0.261 e. The van der Waals surface area contributed by atoms with Gasteiger partial charge in [-0.1, -0.05) is 19.9 Å². The van der Waals surface area contributed by atoms with Crippen LogP contribution in [0.2, 0.25) is 0 Å². The van der Waals surface area contributed by atoms with E-state index in [0.29, 0.717) is 0 Å². The molecule has 0 amide bonds. The number of rotatable bonds is 0. The van der Waals surface area contributed by atoms with Crippen molar-refractivity contribution in [2.45, 2.75) is 20.8 Å². The Morgan fingerprint density at radius 1 is 1.30 bits per heavy atom. The Balaban J connectivity index is 0.000000371. The molecule has 56 valence electrons. The molecule has 1 unspecified atom stereocenters. The number of nitrogens with zero attached hydrogens (tertiary/aromatic N) is 1. The summed E-state index contributed by atoms with van der Waals surface area (Å²) < 4.78 is 0. The molecule has 0 radical (unpaired) electrons. The van der Waals surface area contributed by atoms with E-state index in [1.54, 1.807) is 0 Å². The molecular weight excluding hydrogens is 141 g/mol. The minimum atomic E-state index is 1.07. The lowest BCUT2D eigenvalue weighted by atomic mass is 10.4. The third-order valence-corrected chi connectivity index (χ3v) is 1.28. The van der Waals surface area contributed by atoms with Gasteiger partial charge in [0.05, 0.1) is 0 Å². The topological polar surface area (TPSA) is 12.9 Å². The molecule has 0 aliphatic rings. The molecule has 1 nitrogen and oxygen atoms in total. The van der Waals surface area contributed by atoms with Gasteiger partial charge in [0.1, 0.15) is 0 Å². The second-order valence-corrected chi connectivity index (χ2v) is 2.40. The van der Waals surface area contributed by atoms with Crippen LogP contribution in [0.5, 0.6) is 0 Å². The van der Waals surface area contributed by atoms with Gasteiger partial charge in [0.25, 0.3) is 0 Å². The van der Waals surface area contributed by atoms with Crippen molar-refractivity contribution < 1.29 is 0 Å². The predicted octanol–water partition coefficient (Wildman–Crippen LogP) is 1.92. The van der Waals surface area contributed by atoms with Crippen molar-refractivity contribution >= 4 is 14.5 Å². The zero-order valence-corrected chi connectivity index (χ0v) is 7.91. The van der Waals surface area contributed by atoms with Gasteiger partial charge >= 0.3 is 0 Å². The van der Waals surface area contributed by atoms with Gasteiger partial charge in [0.2, 0.25) is 0 Å². The van der Waals surface area contributed by atoms with Crippen LogP contribution >= 0.6 is 9.24 Å². The lowest BCUT2D eigenvalue weighted by molar-refractivity contribution is 1.21. The van der Waals surface area contributed by atoms with E-state index < -0.39 is 0 Å². The van der Waals surface area contributed by atoms with Gasteiger partial charge in [-0.2, -0.15) is 0 Å². The van der Waals surface area contributed by atoms with Crippen molar-refractivity contribution in [1.29, 1.82) is 0 Å². The van der Waals surface area contributed by atoms with Crippen LogP contribution in [0.3, 0.4) is 0 Å². The van der Waals surface area contributed by atoms with E-state index in [2.05, 4.69) is 14.2 Å². The van der Waals surface area contributed by atoms with Gasteiger partial charge in [-0.25, -0.2) is 0 Å². The number of hydrogen-bond acceptors (Lipinski definition) is 1. The fourth-order valence-electron chi connectivity index (χ4n) is 0.479. The predicted molar refractivity (Wildman–Crippen MR) is 49.7 cm³/mol. The highest BCUT2D eigenvalue weighted by Gasteiger charge is 1.81. The summed E-state index contributed by atoms with van der Waals surface area (Å²) in [6.45, 7) is 5.98. The molecule has 1 atom stereocenters. The SMILES string of the molecule is CC.Cc1ccc(P)cn1. The van der Waals surface area contributed by atoms with Gasteiger partial charge in [0, 0.05) is 11.9 Å². The quantitative estimate of drug-likeness (QED) is 0.521. The fourth-order valence-corrected chi connectivity index (χ4v) is 0.650. The van der Waals surface area contributed by atoms with Gasteiger partial charge in [-0.15, -0.1) is 9.24 Å². The molecule has 0 bridgehead atoms. The molecule has 1 aromatic rings. The second-order valence-electron chi connectivity index (χ2n) is 1.73. The molecule has 0 aliphatic carbocycles. The summed E-state index contributed by atoms with van der Waals surface area (Å²) in [5, 5.41) is 1.13. The van der Waals surface area contributed by atoms with Crippen molar-refractivity contribution in [3.63, 3.8) is 0 Å². The monoisotopic (exact) mass is 155 g/mol. The third-order valence-electron chi connectivity index (χ3n) is 0.934. The lowest BCUT2D eigenvalue weighted by Crippen LogP contribution is -1.90. The van der Waals surface area contributed by atoms with E-state index in [4.69, 9.17) is 0 Å². The Kier molecular flexibility index (Phi) is 5.15. The highest BCUT2D eigenvalue weighted by Crippen LogP contribution is 1.89. The van der Waals surface area contributed by atoms with E-state index >= 15 is 0 Å². The maximum atomic E-state index is 4.06. The summed E-state index contributed by atoms with van der Waals surface area (Å²) in [4.78, 5) is 4.06. The summed E-state index contributed by atoms with van der Waals surface area (Å²) in [7, 11) is 2.59. The van der Waals surface area contributed by atoms with Crippen LogP contribution in [0.4, 0.5) is 0 Å². The molecule has 1 aromatic heterocycles. The van der Waals surface area contributed by atoms with Crippen LogP contribution in [-0.4, -0.2) is 4.98 Å². The fraction of sp³-hybridized carbons (Fsp3) is 0.375. The van der Waals surface area contributed by atoms with Crippen molar-refractivity contribution in [1.82, 2.24) is 4.98 Å². The third kappa shape index (κ3) is 3.58. The van der Waals surface area contributed by atoms with Crippen LogP contribution in [0.25, 0.3) is 0 Å².